The van der Waals surface area contributed by atoms with Crippen LogP contribution in [0.3, 0.4) is 0 Å². The lowest BCUT2D eigenvalue weighted by Gasteiger charge is -2.17. The van der Waals surface area contributed by atoms with Crippen LogP contribution in [0, 0.1) is 16.0 Å². The first-order chi connectivity index (χ1) is 10.8. The Labute approximate surface area is 132 Å². The molecule has 1 N–H and O–H groups in total. The van der Waals surface area contributed by atoms with Crippen molar-refractivity contribution in [2.75, 3.05) is 0 Å². The minimum absolute atomic E-state index is 0.00531. The predicted octanol–water partition coefficient (Wildman–Crippen LogP) is 1.47. The van der Waals surface area contributed by atoms with E-state index in [1.165, 1.54) is 29.1 Å². The van der Waals surface area contributed by atoms with E-state index in [0.29, 0.717) is 0 Å². The fourth-order valence-corrected chi connectivity index (χ4v) is 1.99. The van der Waals surface area contributed by atoms with E-state index in [9.17, 15) is 19.7 Å². The molecule has 0 saturated carbocycles. The number of hydrogen-bond donors (Lipinski definition) is 1. The molecule has 0 radical (unpaired) electrons. The molecule has 1 heterocycles. The van der Waals surface area contributed by atoms with Gasteiger partial charge >= 0.3 is 0 Å². The molecule has 1 amide bonds. The fraction of sp³-hybridized carbons (Fsp3) is 0.400. The van der Waals surface area contributed by atoms with E-state index in [2.05, 4.69) is 10.3 Å². The lowest BCUT2D eigenvalue weighted by atomic mass is 10.1. The summed E-state index contributed by atoms with van der Waals surface area (Å²) in [5.74, 6) is 0.00214. The van der Waals surface area contributed by atoms with Crippen molar-refractivity contribution in [3.63, 3.8) is 0 Å². The summed E-state index contributed by atoms with van der Waals surface area (Å²) in [5, 5.41) is 13.8. The Morgan fingerprint density at radius 1 is 1.39 bits per heavy atom. The second-order valence-electron chi connectivity index (χ2n) is 5.74. The number of nitro benzene ring substituents is 1. The first-order valence-electron chi connectivity index (χ1n) is 7.22. The molecule has 2 aromatic rings. The SMILES string of the molecule is CC(C)C(C)NC(=O)Cn1cnc2cc([N+](=O)[O-])ccc2c1=O. The van der Waals surface area contributed by atoms with Gasteiger partial charge in [0.05, 0.1) is 22.2 Å². The molecule has 0 spiro atoms. The summed E-state index contributed by atoms with van der Waals surface area (Å²) in [7, 11) is 0. The van der Waals surface area contributed by atoms with Crippen LogP contribution in [0.15, 0.2) is 29.3 Å². The van der Waals surface area contributed by atoms with Gasteiger partial charge in [-0.1, -0.05) is 13.8 Å². The van der Waals surface area contributed by atoms with Crippen molar-refractivity contribution in [1.29, 1.82) is 0 Å². The van der Waals surface area contributed by atoms with E-state index in [4.69, 9.17) is 0 Å². The molecule has 0 fully saturated rings. The van der Waals surface area contributed by atoms with E-state index in [1.807, 2.05) is 20.8 Å². The molecule has 1 aromatic heterocycles. The lowest BCUT2D eigenvalue weighted by molar-refractivity contribution is -0.384. The fourth-order valence-electron chi connectivity index (χ4n) is 1.99. The minimum Gasteiger partial charge on any atom is -0.352 e. The van der Waals surface area contributed by atoms with Crippen LogP contribution < -0.4 is 10.9 Å². The highest BCUT2D eigenvalue weighted by atomic mass is 16.6. The number of carbonyl (C=O) groups excluding carboxylic acids is 1. The molecule has 122 valence electrons. The van der Waals surface area contributed by atoms with Crippen LogP contribution in [-0.4, -0.2) is 26.4 Å². The zero-order valence-electron chi connectivity index (χ0n) is 13.1. The maximum absolute atomic E-state index is 12.3. The van der Waals surface area contributed by atoms with Crippen LogP contribution >= 0.6 is 0 Å². The standard InChI is InChI=1S/C15H18N4O4/c1-9(2)10(3)17-14(20)7-18-8-16-13-6-11(19(22)23)4-5-12(13)15(18)21/h4-6,8-10H,7H2,1-3H3,(H,17,20). The van der Waals surface area contributed by atoms with Gasteiger partial charge in [-0.25, -0.2) is 4.98 Å². The number of nitro groups is 1. The van der Waals surface area contributed by atoms with Crippen molar-refractivity contribution >= 4 is 22.5 Å². The summed E-state index contributed by atoms with van der Waals surface area (Å²) in [6.45, 7) is 5.72. The molecular weight excluding hydrogens is 300 g/mol. The molecule has 1 aromatic carbocycles. The summed E-state index contributed by atoms with van der Waals surface area (Å²) < 4.78 is 1.19. The van der Waals surface area contributed by atoms with Crippen molar-refractivity contribution in [1.82, 2.24) is 14.9 Å². The summed E-state index contributed by atoms with van der Waals surface area (Å²) in [4.78, 5) is 38.5. The molecule has 0 aliphatic carbocycles. The number of rotatable bonds is 5. The van der Waals surface area contributed by atoms with Gasteiger partial charge in [-0.2, -0.15) is 0 Å². The normalized spacial score (nSPS) is 12.3. The molecule has 0 aliphatic rings. The minimum atomic E-state index is -0.548. The highest BCUT2D eigenvalue weighted by molar-refractivity contribution is 5.80. The molecule has 1 atom stereocenters. The van der Waals surface area contributed by atoms with E-state index in [0.717, 1.165) is 0 Å². The average molecular weight is 318 g/mol. The topological polar surface area (TPSA) is 107 Å². The Morgan fingerprint density at radius 3 is 2.70 bits per heavy atom. The first-order valence-corrected chi connectivity index (χ1v) is 7.22. The molecule has 23 heavy (non-hydrogen) atoms. The van der Waals surface area contributed by atoms with Gasteiger partial charge in [0.2, 0.25) is 5.91 Å². The van der Waals surface area contributed by atoms with Gasteiger partial charge in [-0.05, 0) is 18.9 Å². The Kier molecular flexibility index (Phi) is 4.73. The van der Waals surface area contributed by atoms with E-state index in [1.54, 1.807) is 0 Å². The quantitative estimate of drug-likeness (QED) is 0.663. The Bertz CT molecular complexity index is 813. The summed E-state index contributed by atoms with van der Waals surface area (Å²) in [6, 6.07) is 3.83. The second kappa shape index (κ2) is 6.55. The number of benzene rings is 1. The van der Waals surface area contributed by atoms with Crippen LogP contribution in [0.4, 0.5) is 5.69 Å². The van der Waals surface area contributed by atoms with Crippen molar-refractivity contribution in [2.24, 2.45) is 5.92 Å². The van der Waals surface area contributed by atoms with Crippen LogP contribution in [0.5, 0.6) is 0 Å². The number of fused-ring (bicyclic) bond motifs is 1. The van der Waals surface area contributed by atoms with Gasteiger partial charge in [0.15, 0.2) is 0 Å². The number of non-ortho nitro benzene ring substituents is 1. The Balaban J connectivity index is 2.28. The van der Waals surface area contributed by atoms with Crippen molar-refractivity contribution in [3.05, 3.63) is 45.0 Å². The van der Waals surface area contributed by atoms with Gasteiger partial charge in [0, 0.05) is 18.2 Å². The lowest BCUT2D eigenvalue weighted by Crippen LogP contribution is -2.39. The van der Waals surface area contributed by atoms with Gasteiger partial charge in [-0.3, -0.25) is 24.3 Å². The highest BCUT2D eigenvalue weighted by Crippen LogP contribution is 2.16. The third-order valence-corrected chi connectivity index (χ3v) is 3.72. The molecule has 8 nitrogen and oxygen atoms in total. The molecule has 8 heteroatoms. The molecule has 1 unspecified atom stereocenters. The average Bonchev–Trinajstić information content (AvgIpc) is 2.49. The maximum atomic E-state index is 12.3. The molecule has 0 aliphatic heterocycles. The molecular formula is C15H18N4O4. The first kappa shape index (κ1) is 16.6. The van der Waals surface area contributed by atoms with Crippen LogP contribution in [0.25, 0.3) is 10.9 Å². The summed E-state index contributed by atoms with van der Waals surface area (Å²) >= 11 is 0. The Morgan fingerprint density at radius 2 is 2.09 bits per heavy atom. The molecule has 0 bridgehead atoms. The smallest absolute Gasteiger partial charge is 0.271 e. The number of carbonyl (C=O) groups is 1. The van der Waals surface area contributed by atoms with Gasteiger partial charge in [0.25, 0.3) is 11.2 Å². The van der Waals surface area contributed by atoms with Crippen LogP contribution in [-0.2, 0) is 11.3 Å². The zero-order valence-corrected chi connectivity index (χ0v) is 13.1. The second-order valence-corrected chi connectivity index (χ2v) is 5.74. The number of nitrogens with zero attached hydrogens (tertiary/aromatic N) is 3. The maximum Gasteiger partial charge on any atom is 0.271 e. The van der Waals surface area contributed by atoms with Crippen molar-refractivity contribution in [3.8, 4) is 0 Å². The van der Waals surface area contributed by atoms with Crippen molar-refractivity contribution < 1.29 is 9.72 Å². The number of amides is 1. The summed E-state index contributed by atoms with van der Waals surface area (Å²) in [5.41, 5.74) is -0.306. The van der Waals surface area contributed by atoms with Crippen LogP contribution in [0.2, 0.25) is 0 Å². The van der Waals surface area contributed by atoms with Gasteiger partial charge in [-0.15, -0.1) is 0 Å². The highest BCUT2D eigenvalue weighted by Gasteiger charge is 2.14. The molecule has 2 rings (SSSR count). The predicted molar refractivity (Wildman–Crippen MR) is 85.1 cm³/mol. The van der Waals surface area contributed by atoms with Crippen LogP contribution in [0.1, 0.15) is 20.8 Å². The monoisotopic (exact) mass is 318 g/mol. The van der Waals surface area contributed by atoms with Gasteiger partial charge in [0.1, 0.15) is 6.54 Å². The molecule has 0 saturated heterocycles. The largest absolute Gasteiger partial charge is 0.352 e. The number of nitrogens with one attached hydrogen (secondary N) is 1. The van der Waals surface area contributed by atoms with E-state index < -0.39 is 10.5 Å². The number of hydrogen-bond acceptors (Lipinski definition) is 5. The van der Waals surface area contributed by atoms with Crippen molar-refractivity contribution in [2.45, 2.75) is 33.4 Å². The number of aromatic nitrogens is 2. The van der Waals surface area contributed by atoms with E-state index >= 15 is 0 Å². The third kappa shape index (κ3) is 3.71. The summed E-state index contributed by atoms with van der Waals surface area (Å²) in [6.07, 6.45) is 1.23. The van der Waals surface area contributed by atoms with E-state index in [-0.39, 0.29) is 41.0 Å². The Hall–Kier alpha value is -2.77. The van der Waals surface area contributed by atoms with Gasteiger partial charge < -0.3 is 5.32 Å². The third-order valence-electron chi connectivity index (χ3n) is 3.72. The zero-order chi connectivity index (χ0) is 17.1.